The van der Waals surface area contributed by atoms with E-state index >= 15 is 0 Å². The summed E-state index contributed by atoms with van der Waals surface area (Å²) >= 11 is 0. The van der Waals surface area contributed by atoms with Crippen molar-refractivity contribution in [1.82, 2.24) is 5.32 Å². The lowest BCUT2D eigenvalue weighted by Gasteiger charge is -2.10. The number of nitrogens with one attached hydrogen (secondary N) is 1. The van der Waals surface area contributed by atoms with Crippen molar-refractivity contribution < 1.29 is 4.42 Å². The zero-order valence-electron chi connectivity index (χ0n) is 10.9. The summed E-state index contributed by atoms with van der Waals surface area (Å²) in [6.45, 7) is 7.48. The summed E-state index contributed by atoms with van der Waals surface area (Å²) in [5.74, 6) is 2.04. The Hall–Kier alpha value is -0.760. The molecule has 1 N–H and O–H groups in total. The van der Waals surface area contributed by atoms with Crippen molar-refractivity contribution in [2.45, 2.75) is 58.9 Å². The third-order valence-corrected chi connectivity index (χ3v) is 2.92. The lowest BCUT2D eigenvalue weighted by atomic mass is 10.1. The Kier molecular flexibility index (Phi) is 6.24. The van der Waals surface area contributed by atoms with Crippen molar-refractivity contribution in [3.63, 3.8) is 0 Å². The molecule has 1 aromatic heterocycles. The molecule has 1 rings (SSSR count). The molecule has 0 bridgehead atoms. The number of hydrogen-bond donors (Lipinski definition) is 1. The van der Waals surface area contributed by atoms with Gasteiger partial charge in [-0.3, -0.25) is 0 Å². The molecule has 1 unspecified atom stereocenters. The zero-order chi connectivity index (χ0) is 11.8. The first-order chi connectivity index (χ1) is 7.74. The van der Waals surface area contributed by atoms with E-state index in [2.05, 4.69) is 25.2 Å². The maximum absolute atomic E-state index is 5.58. The van der Waals surface area contributed by atoms with Crippen LogP contribution in [0.25, 0.3) is 0 Å². The Morgan fingerprint density at radius 2 is 1.94 bits per heavy atom. The average molecular weight is 223 g/mol. The SMILES string of the molecule is CCCCCCCNC(C)c1ccc(C)o1. The van der Waals surface area contributed by atoms with E-state index in [9.17, 15) is 0 Å². The van der Waals surface area contributed by atoms with E-state index in [4.69, 9.17) is 4.42 Å². The number of furan rings is 1. The molecule has 0 spiro atoms. The van der Waals surface area contributed by atoms with Crippen LogP contribution < -0.4 is 5.32 Å². The van der Waals surface area contributed by atoms with Gasteiger partial charge in [0.05, 0.1) is 6.04 Å². The quantitative estimate of drug-likeness (QED) is 0.668. The second-order valence-electron chi connectivity index (χ2n) is 4.54. The largest absolute Gasteiger partial charge is 0.465 e. The maximum atomic E-state index is 5.58. The van der Waals surface area contributed by atoms with Gasteiger partial charge in [-0.05, 0) is 38.9 Å². The predicted octanol–water partition coefficient (Wildman–Crippen LogP) is 4.21. The van der Waals surface area contributed by atoms with Crippen molar-refractivity contribution in [3.8, 4) is 0 Å². The fourth-order valence-corrected chi connectivity index (χ4v) is 1.83. The first-order valence-electron chi connectivity index (χ1n) is 6.53. The summed E-state index contributed by atoms with van der Waals surface area (Å²) in [4.78, 5) is 0. The summed E-state index contributed by atoms with van der Waals surface area (Å²) in [7, 11) is 0. The van der Waals surface area contributed by atoms with Gasteiger partial charge in [0.15, 0.2) is 0 Å². The third-order valence-electron chi connectivity index (χ3n) is 2.92. The number of hydrogen-bond acceptors (Lipinski definition) is 2. The Balaban J connectivity index is 2.09. The highest BCUT2D eigenvalue weighted by Gasteiger charge is 2.07. The minimum atomic E-state index is 0.333. The Morgan fingerprint density at radius 1 is 1.19 bits per heavy atom. The summed E-state index contributed by atoms with van der Waals surface area (Å²) in [5, 5.41) is 3.50. The van der Waals surface area contributed by atoms with Gasteiger partial charge in [0, 0.05) is 0 Å². The van der Waals surface area contributed by atoms with E-state index in [0.717, 1.165) is 18.1 Å². The van der Waals surface area contributed by atoms with Crippen molar-refractivity contribution in [2.75, 3.05) is 6.54 Å². The average Bonchev–Trinajstić information content (AvgIpc) is 2.70. The first-order valence-corrected chi connectivity index (χ1v) is 6.53. The fraction of sp³-hybridized carbons (Fsp3) is 0.714. The molecule has 0 aliphatic rings. The molecule has 0 saturated heterocycles. The van der Waals surface area contributed by atoms with Crippen LogP contribution in [0.5, 0.6) is 0 Å². The molecule has 1 atom stereocenters. The molecule has 1 aromatic rings. The zero-order valence-corrected chi connectivity index (χ0v) is 10.9. The molecule has 0 aromatic carbocycles. The molecule has 0 aliphatic carbocycles. The second kappa shape index (κ2) is 7.50. The molecule has 1 heterocycles. The monoisotopic (exact) mass is 223 g/mol. The molecular weight excluding hydrogens is 198 g/mol. The number of aryl methyl sites for hydroxylation is 1. The predicted molar refractivity (Wildman–Crippen MR) is 68.6 cm³/mol. The number of rotatable bonds is 8. The minimum absolute atomic E-state index is 0.333. The molecular formula is C14H25NO. The molecule has 0 radical (unpaired) electrons. The van der Waals surface area contributed by atoms with E-state index in [1.165, 1.54) is 32.1 Å². The smallest absolute Gasteiger partial charge is 0.120 e. The summed E-state index contributed by atoms with van der Waals surface area (Å²) in [5.41, 5.74) is 0. The van der Waals surface area contributed by atoms with E-state index in [1.54, 1.807) is 0 Å². The van der Waals surface area contributed by atoms with Gasteiger partial charge in [-0.1, -0.05) is 32.6 Å². The molecule has 0 aliphatic heterocycles. The van der Waals surface area contributed by atoms with E-state index in [0.29, 0.717) is 6.04 Å². The Morgan fingerprint density at radius 3 is 2.56 bits per heavy atom. The molecule has 0 amide bonds. The molecule has 2 heteroatoms. The molecule has 2 nitrogen and oxygen atoms in total. The van der Waals surface area contributed by atoms with Gasteiger partial charge < -0.3 is 9.73 Å². The van der Waals surface area contributed by atoms with E-state index < -0.39 is 0 Å². The van der Waals surface area contributed by atoms with Crippen molar-refractivity contribution >= 4 is 0 Å². The lowest BCUT2D eigenvalue weighted by Crippen LogP contribution is -2.19. The lowest BCUT2D eigenvalue weighted by molar-refractivity contribution is 0.412. The summed E-state index contributed by atoms with van der Waals surface area (Å²) in [6, 6.07) is 4.42. The van der Waals surface area contributed by atoms with E-state index in [-0.39, 0.29) is 0 Å². The molecule has 0 saturated carbocycles. The van der Waals surface area contributed by atoms with Gasteiger partial charge >= 0.3 is 0 Å². The van der Waals surface area contributed by atoms with Crippen LogP contribution in [0.4, 0.5) is 0 Å². The van der Waals surface area contributed by atoms with Crippen LogP contribution in [-0.2, 0) is 0 Å². The normalized spacial score (nSPS) is 12.9. The second-order valence-corrected chi connectivity index (χ2v) is 4.54. The van der Waals surface area contributed by atoms with Crippen LogP contribution in [0.2, 0.25) is 0 Å². The highest BCUT2D eigenvalue weighted by atomic mass is 16.3. The van der Waals surface area contributed by atoms with Crippen LogP contribution in [-0.4, -0.2) is 6.54 Å². The number of unbranched alkanes of at least 4 members (excludes halogenated alkanes) is 4. The van der Waals surface area contributed by atoms with Gasteiger partial charge in [-0.25, -0.2) is 0 Å². The van der Waals surface area contributed by atoms with Crippen LogP contribution in [0.3, 0.4) is 0 Å². The molecule has 0 fully saturated rings. The van der Waals surface area contributed by atoms with Crippen LogP contribution in [0, 0.1) is 6.92 Å². The summed E-state index contributed by atoms with van der Waals surface area (Å²) in [6.07, 6.45) is 6.66. The maximum Gasteiger partial charge on any atom is 0.120 e. The first kappa shape index (κ1) is 13.3. The third kappa shape index (κ3) is 4.84. The highest BCUT2D eigenvalue weighted by molar-refractivity contribution is 5.08. The van der Waals surface area contributed by atoms with Crippen molar-refractivity contribution in [1.29, 1.82) is 0 Å². The van der Waals surface area contributed by atoms with Gasteiger partial charge in [0.2, 0.25) is 0 Å². The van der Waals surface area contributed by atoms with Crippen LogP contribution in [0.1, 0.15) is 63.5 Å². The topological polar surface area (TPSA) is 25.2 Å². The van der Waals surface area contributed by atoms with Gasteiger partial charge in [0.25, 0.3) is 0 Å². The van der Waals surface area contributed by atoms with Gasteiger partial charge in [-0.2, -0.15) is 0 Å². The minimum Gasteiger partial charge on any atom is -0.465 e. The van der Waals surface area contributed by atoms with Crippen molar-refractivity contribution in [2.24, 2.45) is 0 Å². The highest BCUT2D eigenvalue weighted by Crippen LogP contribution is 2.15. The molecule has 16 heavy (non-hydrogen) atoms. The summed E-state index contributed by atoms with van der Waals surface area (Å²) < 4.78 is 5.58. The van der Waals surface area contributed by atoms with Gasteiger partial charge in [-0.15, -0.1) is 0 Å². The Bertz CT molecular complexity index is 280. The van der Waals surface area contributed by atoms with Crippen LogP contribution in [0.15, 0.2) is 16.5 Å². The molecule has 92 valence electrons. The fourth-order valence-electron chi connectivity index (χ4n) is 1.83. The van der Waals surface area contributed by atoms with Crippen molar-refractivity contribution in [3.05, 3.63) is 23.7 Å². The van der Waals surface area contributed by atoms with E-state index in [1.807, 2.05) is 13.0 Å². The van der Waals surface area contributed by atoms with Gasteiger partial charge in [0.1, 0.15) is 11.5 Å². The Labute approximate surface area is 99.4 Å². The van der Waals surface area contributed by atoms with Crippen LogP contribution >= 0.6 is 0 Å². The standard InChI is InChI=1S/C14H25NO/c1-4-5-6-7-8-11-15-13(3)14-10-9-12(2)16-14/h9-10,13,15H,4-8,11H2,1-3H3.